The topological polar surface area (TPSA) is 107 Å². The number of primary amides is 1. The van der Waals surface area contributed by atoms with Gasteiger partial charge >= 0.3 is 0 Å². The number of pyridine rings is 1. The van der Waals surface area contributed by atoms with Crippen molar-refractivity contribution in [1.82, 2.24) is 14.8 Å². The summed E-state index contributed by atoms with van der Waals surface area (Å²) in [5.41, 5.74) is 7.07. The maximum Gasteiger partial charge on any atom is 0.265 e. The van der Waals surface area contributed by atoms with Crippen molar-refractivity contribution in [3.05, 3.63) is 75.4 Å². The Kier molecular flexibility index (Phi) is 5.40. The number of hydrogen-bond donors (Lipinski definition) is 1. The fourth-order valence-electron chi connectivity index (χ4n) is 4.67. The van der Waals surface area contributed by atoms with Crippen LogP contribution in [0.25, 0.3) is 22.4 Å². The van der Waals surface area contributed by atoms with Crippen molar-refractivity contribution in [2.75, 3.05) is 18.0 Å². The van der Waals surface area contributed by atoms with Gasteiger partial charge in [0.2, 0.25) is 11.8 Å². The smallest absolute Gasteiger partial charge is 0.265 e. The Labute approximate surface area is 200 Å². The molecule has 174 valence electrons. The molecular formula is C25H24ClN5O3. The lowest BCUT2D eigenvalue weighted by Gasteiger charge is -2.39. The molecule has 1 aliphatic rings. The molecule has 0 unspecified atom stereocenters. The van der Waals surface area contributed by atoms with Crippen molar-refractivity contribution in [3.63, 3.8) is 0 Å². The molecular weight excluding hydrogens is 454 g/mol. The molecule has 0 radical (unpaired) electrons. The van der Waals surface area contributed by atoms with Gasteiger partial charge in [0, 0.05) is 41.5 Å². The second kappa shape index (κ2) is 8.29. The number of carbonyl (C=O) groups is 1. The van der Waals surface area contributed by atoms with E-state index in [1.165, 1.54) is 4.57 Å². The summed E-state index contributed by atoms with van der Waals surface area (Å²) in [7, 11) is 1.65. The van der Waals surface area contributed by atoms with Crippen LogP contribution < -0.4 is 16.2 Å². The standard InChI is InChI=1S/C25H24ClN5O3/c1-25(24-29-28-22(34-24)15-6-5-7-16(26)14-15)10-12-31(13-11-25)20-17-8-3-4-9-18(17)30(2)23(33)19(20)21(27)32/h3-9,14H,10-13H2,1-2H3,(H2,27,32). The van der Waals surface area contributed by atoms with E-state index < -0.39 is 11.5 Å². The average Bonchev–Trinajstić information content (AvgIpc) is 3.33. The molecule has 0 spiro atoms. The summed E-state index contributed by atoms with van der Waals surface area (Å²) in [5.74, 6) is 0.263. The van der Waals surface area contributed by atoms with Crippen LogP contribution >= 0.6 is 11.6 Å². The van der Waals surface area contributed by atoms with Crippen LogP contribution in [-0.2, 0) is 12.5 Å². The van der Waals surface area contributed by atoms with Crippen LogP contribution in [0.5, 0.6) is 0 Å². The van der Waals surface area contributed by atoms with Crippen molar-refractivity contribution in [3.8, 4) is 11.5 Å². The van der Waals surface area contributed by atoms with Crippen LogP contribution in [0.2, 0.25) is 5.02 Å². The zero-order chi connectivity index (χ0) is 24.0. The number of nitrogens with two attached hydrogens (primary N) is 1. The quantitative estimate of drug-likeness (QED) is 0.477. The highest BCUT2D eigenvalue weighted by Gasteiger charge is 2.38. The molecule has 9 heteroatoms. The molecule has 0 aliphatic carbocycles. The predicted octanol–water partition coefficient (Wildman–Crippen LogP) is 3.90. The van der Waals surface area contributed by atoms with Gasteiger partial charge in [-0.1, -0.05) is 42.8 Å². The Balaban J connectivity index is 1.47. The number of aryl methyl sites for hydroxylation is 1. The summed E-state index contributed by atoms with van der Waals surface area (Å²) in [6.45, 7) is 3.29. The van der Waals surface area contributed by atoms with Crippen molar-refractivity contribution < 1.29 is 9.21 Å². The fraction of sp³-hybridized carbons (Fsp3) is 0.280. The fourth-order valence-corrected chi connectivity index (χ4v) is 4.86. The molecule has 4 aromatic rings. The second-order valence-electron chi connectivity index (χ2n) is 8.94. The molecule has 0 atom stereocenters. The summed E-state index contributed by atoms with van der Waals surface area (Å²) in [6.07, 6.45) is 1.40. The third kappa shape index (κ3) is 3.64. The maximum atomic E-state index is 13.0. The van der Waals surface area contributed by atoms with Gasteiger partial charge in [0.05, 0.1) is 11.2 Å². The lowest BCUT2D eigenvalue weighted by atomic mass is 9.80. The normalized spacial score (nSPS) is 15.6. The van der Waals surface area contributed by atoms with Crippen molar-refractivity contribution >= 4 is 34.1 Å². The Morgan fingerprint density at radius 3 is 2.56 bits per heavy atom. The first-order valence-corrected chi connectivity index (χ1v) is 11.4. The number of carbonyl (C=O) groups excluding carboxylic acids is 1. The third-order valence-electron chi connectivity index (χ3n) is 6.72. The Morgan fingerprint density at radius 2 is 1.85 bits per heavy atom. The van der Waals surface area contributed by atoms with Crippen LogP contribution in [0.1, 0.15) is 36.0 Å². The number of halogens is 1. The SMILES string of the molecule is Cn1c(=O)c(C(N)=O)c(N2CCC(C)(c3nnc(-c4cccc(Cl)c4)o3)CC2)c2ccccc21. The molecule has 34 heavy (non-hydrogen) atoms. The van der Waals surface area contributed by atoms with Crippen LogP contribution in [0.4, 0.5) is 5.69 Å². The van der Waals surface area contributed by atoms with Gasteiger partial charge in [-0.2, -0.15) is 0 Å². The zero-order valence-electron chi connectivity index (χ0n) is 18.9. The number of hydrogen-bond acceptors (Lipinski definition) is 6. The highest BCUT2D eigenvalue weighted by atomic mass is 35.5. The van der Waals surface area contributed by atoms with Crippen molar-refractivity contribution in [2.45, 2.75) is 25.2 Å². The minimum atomic E-state index is -0.724. The predicted molar refractivity (Wildman–Crippen MR) is 131 cm³/mol. The van der Waals surface area contributed by atoms with E-state index in [1.807, 2.05) is 36.4 Å². The van der Waals surface area contributed by atoms with E-state index in [9.17, 15) is 9.59 Å². The molecule has 1 saturated heterocycles. The monoisotopic (exact) mass is 477 g/mol. The number of amides is 1. The number of rotatable bonds is 4. The Hall–Kier alpha value is -3.65. The van der Waals surface area contributed by atoms with Crippen LogP contribution in [0.15, 0.2) is 57.7 Å². The average molecular weight is 478 g/mol. The number of fused-ring (bicyclic) bond motifs is 1. The minimum Gasteiger partial charge on any atom is -0.420 e. The molecule has 3 heterocycles. The number of piperidine rings is 1. The first-order valence-electron chi connectivity index (χ1n) is 11.0. The lowest BCUT2D eigenvalue weighted by molar-refractivity contribution is 0.0999. The summed E-state index contributed by atoms with van der Waals surface area (Å²) in [5, 5.41) is 9.98. The van der Waals surface area contributed by atoms with E-state index in [0.29, 0.717) is 48.4 Å². The largest absolute Gasteiger partial charge is 0.420 e. The third-order valence-corrected chi connectivity index (χ3v) is 6.95. The van der Waals surface area contributed by atoms with Gasteiger partial charge < -0.3 is 19.6 Å². The van der Waals surface area contributed by atoms with Gasteiger partial charge in [-0.05, 0) is 37.1 Å². The van der Waals surface area contributed by atoms with E-state index in [0.717, 1.165) is 16.5 Å². The van der Waals surface area contributed by atoms with Crippen molar-refractivity contribution in [1.29, 1.82) is 0 Å². The number of nitrogens with zero attached hydrogens (tertiary/aromatic N) is 4. The van der Waals surface area contributed by atoms with E-state index in [4.69, 9.17) is 21.8 Å². The number of aromatic nitrogens is 3. The summed E-state index contributed by atoms with van der Waals surface area (Å²) in [4.78, 5) is 27.4. The zero-order valence-corrected chi connectivity index (χ0v) is 19.7. The molecule has 2 aromatic carbocycles. The Morgan fingerprint density at radius 1 is 1.12 bits per heavy atom. The highest BCUT2D eigenvalue weighted by Crippen LogP contribution is 2.39. The van der Waals surface area contributed by atoms with Crippen LogP contribution in [0, 0.1) is 0 Å². The molecule has 2 N–H and O–H groups in total. The van der Waals surface area contributed by atoms with E-state index >= 15 is 0 Å². The van der Waals surface area contributed by atoms with Gasteiger partial charge in [0.1, 0.15) is 5.56 Å². The number of para-hydroxylation sites is 1. The first kappa shape index (κ1) is 22.2. The summed E-state index contributed by atoms with van der Waals surface area (Å²) in [6, 6.07) is 14.8. The molecule has 2 aromatic heterocycles. The summed E-state index contributed by atoms with van der Waals surface area (Å²) < 4.78 is 7.52. The van der Waals surface area contributed by atoms with Gasteiger partial charge in [-0.25, -0.2) is 0 Å². The second-order valence-corrected chi connectivity index (χ2v) is 9.38. The van der Waals surface area contributed by atoms with Crippen molar-refractivity contribution in [2.24, 2.45) is 12.8 Å². The maximum absolute atomic E-state index is 13.0. The molecule has 8 nitrogen and oxygen atoms in total. The van der Waals surface area contributed by atoms with Gasteiger partial charge in [0.25, 0.3) is 11.5 Å². The number of anilines is 1. The minimum absolute atomic E-state index is 0.0193. The number of benzene rings is 2. The molecule has 5 rings (SSSR count). The van der Waals surface area contributed by atoms with Gasteiger partial charge in [-0.3, -0.25) is 9.59 Å². The molecule has 0 saturated carbocycles. The van der Waals surface area contributed by atoms with Gasteiger partial charge in [0.15, 0.2) is 0 Å². The summed E-state index contributed by atoms with van der Waals surface area (Å²) >= 11 is 6.10. The molecule has 1 amide bonds. The Bertz CT molecular complexity index is 1470. The van der Waals surface area contributed by atoms with E-state index in [1.54, 1.807) is 19.2 Å². The lowest BCUT2D eigenvalue weighted by Crippen LogP contribution is -2.43. The molecule has 1 aliphatic heterocycles. The van der Waals surface area contributed by atoms with Crippen LogP contribution in [-0.4, -0.2) is 33.8 Å². The molecule has 1 fully saturated rings. The van der Waals surface area contributed by atoms with Gasteiger partial charge in [-0.15, -0.1) is 10.2 Å². The first-order chi connectivity index (χ1) is 16.3. The highest BCUT2D eigenvalue weighted by molar-refractivity contribution is 6.30. The molecule has 0 bridgehead atoms. The van der Waals surface area contributed by atoms with Crippen LogP contribution in [0.3, 0.4) is 0 Å². The van der Waals surface area contributed by atoms with E-state index in [-0.39, 0.29) is 11.0 Å². The van der Waals surface area contributed by atoms with E-state index in [2.05, 4.69) is 22.0 Å².